The predicted molar refractivity (Wildman–Crippen MR) is 54.2 cm³/mol. The number of nitrogens with zero attached hydrogens (tertiary/aromatic N) is 1. The normalized spacial score (nSPS) is 8.62. The lowest BCUT2D eigenvalue weighted by atomic mass is 10.2. The van der Waals surface area contributed by atoms with E-state index in [4.69, 9.17) is 11.6 Å². The topological polar surface area (TPSA) is 43.1 Å². The highest BCUT2D eigenvalue weighted by atomic mass is 35.5. The summed E-state index contributed by atoms with van der Waals surface area (Å²) in [6.45, 7) is 5.68. The third kappa shape index (κ3) is 3.42. The van der Waals surface area contributed by atoms with Gasteiger partial charge in [-0.15, -0.1) is 0 Å². The molecule has 0 saturated carbocycles. The molecule has 0 spiro atoms. The van der Waals surface area contributed by atoms with E-state index in [1.54, 1.807) is 19.1 Å². The average molecular weight is 202 g/mol. The Kier molecular flexibility index (Phi) is 5.07. The highest BCUT2D eigenvalue weighted by Crippen LogP contribution is 2.21. The summed E-state index contributed by atoms with van der Waals surface area (Å²) in [6.07, 6.45) is 0. The molecule has 0 aliphatic rings. The van der Waals surface area contributed by atoms with E-state index in [2.05, 4.69) is 0 Å². The van der Waals surface area contributed by atoms with Gasteiger partial charge in [0.15, 0.2) is 0 Å². The number of aryl methyl sites for hydroxylation is 1. The molecule has 1 aromatic rings. The van der Waals surface area contributed by atoms with Gasteiger partial charge in [0.1, 0.15) is 0 Å². The van der Waals surface area contributed by atoms with Gasteiger partial charge in [-0.3, -0.25) is 10.1 Å². The molecular weight excluding hydrogens is 190 g/mol. The summed E-state index contributed by atoms with van der Waals surface area (Å²) < 4.78 is 0. The van der Waals surface area contributed by atoms with Gasteiger partial charge in [-0.05, 0) is 13.0 Å². The van der Waals surface area contributed by atoms with Crippen LogP contribution in [0.5, 0.6) is 0 Å². The van der Waals surface area contributed by atoms with Gasteiger partial charge in [0.05, 0.1) is 4.92 Å². The van der Waals surface area contributed by atoms with Crippen LogP contribution in [-0.2, 0) is 0 Å². The first-order chi connectivity index (χ1) is 6.11. The van der Waals surface area contributed by atoms with Crippen LogP contribution in [0.25, 0.3) is 0 Å². The molecule has 0 heterocycles. The van der Waals surface area contributed by atoms with Crippen LogP contribution in [-0.4, -0.2) is 4.92 Å². The van der Waals surface area contributed by atoms with Crippen LogP contribution < -0.4 is 0 Å². The molecule has 4 heteroatoms. The minimum atomic E-state index is -0.443. The van der Waals surface area contributed by atoms with Crippen LogP contribution >= 0.6 is 11.6 Å². The highest BCUT2D eigenvalue weighted by molar-refractivity contribution is 6.30. The highest BCUT2D eigenvalue weighted by Gasteiger charge is 2.09. The Morgan fingerprint density at radius 2 is 1.92 bits per heavy atom. The molecule has 0 N–H and O–H groups in total. The van der Waals surface area contributed by atoms with Crippen LogP contribution in [0.2, 0.25) is 5.02 Å². The molecule has 0 saturated heterocycles. The van der Waals surface area contributed by atoms with Gasteiger partial charge in [-0.2, -0.15) is 0 Å². The van der Waals surface area contributed by atoms with Gasteiger partial charge in [0.25, 0.3) is 5.69 Å². The Balaban J connectivity index is 0.000000671. The zero-order valence-corrected chi connectivity index (χ0v) is 8.63. The van der Waals surface area contributed by atoms with Crippen molar-refractivity contribution in [2.24, 2.45) is 0 Å². The van der Waals surface area contributed by atoms with Crippen LogP contribution in [0, 0.1) is 17.0 Å². The second kappa shape index (κ2) is 5.54. The van der Waals surface area contributed by atoms with E-state index in [9.17, 15) is 10.1 Å². The summed E-state index contributed by atoms with van der Waals surface area (Å²) in [5.74, 6) is 0. The van der Waals surface area contributed by atoms with E-state index < -0.39 is 4.92 Å². The maximum Gasteiger partial charge on any atom is 0.273 e. The molecule has 0 atom stereocenters. The van der Waals surface area contributed by atoms with E-state index in [0.29, 0.717) is 10.6 Å². The molecule has 0 aliphatic heterocycles. The standard InChI is InChI=1S/C7H6ClNO2.C2H6/c1-5-2-3-6(8)4-7(5)9(10)11;1-2/h2-4H,1H3;1-2H3. The largest absolute Gasteiger partial charge is 0.273 e. The molecule has 3 nitrogen and oxygen atoms in total. The fourth-order valence-corrected chi connectivity index (χ4v) is 0.946. The van der Waals surface area contributed by atoms with Gasteiger partial charge in [-0.25, -0.2) is 0 Å². The second-order valence-electron chi connectivity index (χ2n) is 2.19. The summed E-state index contributed by atoms with van der Waals surface area (Å²) in [4.78, 5) is 9.88. The molecule has 0 radical (unpaired) electrons. The van der Waals surface area contributed by atoms with E-state index in [-0.39, 0.29) is 5.69 Å². The lowest BCUT2D eigenvalue weighted by molar-refractivity contribution is -0.385. The Bertz CT molecular complexity index is 300. The molecule has 0 aliphatic carbocycles. The first kappa shape index (κ1) is 11.9. The van der Waals surface area contributed by atoms with Gasteiger partial charge in [-0.1, -0.05) is 31.5 Å². The lowest BCUT2D eigenvalue weighted by Crippen LogP contribution is -1.90. The maximum atomic E-state index is 10.3. The zero-order valence-electron chi connectivity index (χ0n) is 7.87. The molecular formula is C9H12ClNO2. The van der Waals surface area contributed by atoms with Crippen molar-refractivity contribution in [2.45, 2.75) is 20.8 Å². The number of rotatable bonds is 1. The van der Waals surface area contributed by atoms with E-state index in [1.165, 1.54) is 6.07 Å². The van der Waals surface area contributed by atoms with E-state index in [0.717, 1.165) is 0 Å². The van der Waals surface area contributed by atoms with Crippen molar-refractivity contribution in [2.75, 3.05) is 0 Å². The number of nitro groups is 1. The van der Waals surface area contributed by atoms with Gasteiger partial charge < -0.3 is 0 Å². The maximum absolute atomic E-state index is 10.3. The Hall–Kier alpha value is -1.09. The summed E-state index contributed by atoms with van der Waals surface area (Å²) >= 11 is 5.56. The first-order valence-electron chi connectivity index (χ1n) is 4.02. The zero-order chi connectivity index (χ0) is 10.4. The fourth-order valence-electron chi connectivity index (χ4n) is 0.779. The number of hydrogen-bond acceptors (Lipinski definition) is 2. The van der Waals surface area contributed by atoms with Crippen molar-refractivity contribution in [3.8, 4) is 0 Å². The van der Waals surface area contributed by atoms with Crippen molar-refractivity contribution < 1.29 is 4.92 Å². The summed E-state index contributed by atoms with van der Waals surface area (Å²) in [7, 11) is 0. The quantitative estimate of drug-likeness (QED) is 0.515. The minimum Gasteiger partial charge on any atom is -0.258 e. The van der Waals surface area contributed by atoms with Crippen LogP contribution in [0.1, 0.15) is 19.4 Å². The molecule has 0 amide bonds. The molecule has 0 aromatic heterocycles. The monoisotopic (exact) mass is 201 g/mol. The van der Waals surface area contributed by atoms with Crippen molar-refractivity contribution >= 4 is 17.3 Å². The fraction of sp³-hybridized carbons (Fsp3) is 0.333. The van der Waals surface area contributed by atoms with E-state index in [1.807, 2.05) is 13.8 Å². The predicted octanol–water partition coefficient (Wildman–Crippen LogP) is 3.58. The molecule has 0 fully saturated rings. The van der Waals surface area contributed by atoms with E-state index >= 15 is 0 Å². The molecule has 0 bridgehead atoms. The van der Waals surface area contributed by atoms with Crippen LogP contribution in [0.15, 0.2) is 18.2 Å². The average Bonchev–Trinajstić information content (AvgIpc) is 2.12. The first-order valence-corrected chi connectivity index (χ1v) is 4.39. The third-order valence-electron chi connectivity index (χ3n) is 1.37. The summed E-state index contributed by atoms with van der Waals surface area (Å²) in [5.41, 5.74) is 0.692. The molecule has 13 heavy (non-hydrogen) atoms. The summed E-state index contributed by atoms with van der Waals surface area (Å²) in [6, 6.07) is 4.60. The Morgan fingerprint density at radius 1 is 1.38 bits per heavy atom. The van der Waals surface area contributed by atoms with Crippen LogP contribution in [0.4, 0.5) is 5.69 Å². The Labute approximate surface area is 82.5 Å². The van der Waals surface area contributed by atoms with Gasteiger partial charge in [0.2, 0.25) is 0 Å². The van der Waals surface area contributed by atoms with Gasteiger partial charge in [0, 0.05) is 16.7 Å². The number of halogens is 1. The summed E-state index contributed by atoms with van der Waals surface area (Å²) in [5, 5.41) is 10.7. The number of benzene rings is 1. The number of hydrogen-bond donors (Lipinski definition) is 0. The number of nitro benzene ring substituents is 1. The lowest BCUT2D eigenvalue weighted by Gasteiger charge is -1.95. The third-order valence-corrected chi connectivity index (χ3v) is 1.60. The van der Waals surface area contributed by atoms with Crippen molar-refractivity contribution in [1.82, 2.24) is 0 Å². The SMILES string of the molecule is CC.Cc1ccc(Cl)cc1[N+](=O)[O-]. The van der Waals surface area contributed by atoms with Crippen molar-refractivity contribution in [3.05, 3.63) is 38.9 Å². The second-order valence-corrected chi connectivity index (χ2v) is 2.62. The van der Waals surface area contributed by atoms with Crippen molar-refractivity contribution in [1.29, 1.82) is 0 Å². The molecule has 0 unspecified atom stereocenters. The molecule has 1 rings (SSSR count). The minimum absolute atomic E-state index is 0.0671. The van der Waals surface area contributed by atoms with Gasteiger partial charge >= 0.3 is 0 Å². The molecule has 72 valence electrons. The molecule has 1 aromatic carbocycles. The smallest absolute Gasteiger partial charge is 0.258 e. The van der Waals surface area contributed by atoms with Crippen LogP contribution in [0.3, 0.4) is 0 Å². The van der Waals surface area contributed by atoms with Crippen molar-refractivity contribution in [3.63, 3.8) is 0 Å². The Morgan fingerprint density at radius 3 is 2.31 bits per heavy atom.